The van der Waals surface area contributed by atoms with Crippen molar-refractivity contribution in [2.45, 2.75) is 77.4 Å². The van der Waals surface area contributed by atoms with Gasteiger partial charge in [0.25, 0.3) is 0 Å². The number of nitrogens with one attached hydrogen (secondary N) is 1. The molecular weight excluding hydrogens is 694 g/mol. The minimum Gasteiger partial charge on any atom is -0.476 e. The van der Waals surface area contributed by atoms with Crippen LogP contribution in [-0.4, -0.2) is 56.2 Å². The van der Waals surface area contributed by atoms with Crippen molar-refractivity contribution in [2.75, 3.05) is 23.9 Å². The van der Waals surface area contributed by atoms with Gasteiger partial charge < -0.3 is 5.11 Å². The van der Waals surface area contributed by atoms with Gasteiger partial charge in [0.1, 0.15) is 0 Å². The lowest BCUT2D eigenvalue weighted by Gasteiger charge is -2.65. The summed E-state index contributed by atoms with van der Waals surface area (Å²) in [5.41, 5.74) is 6.13. The maximum absolute atomic E-state index is 13.6. The first kappa shape index (κ1) is 35.3. The summed E-state index contributed by atoms with van der Waals surface area (Å²) in [4.78, 5) is 43.0. The van der Waals surface area contributed by atoms with Gasteiger partial charge in [0.05, 0.1) is 34.9 Å². The first-order chi connectivity index (χ1) is 25.5. The summed E-state index contributed by atoms with van der Waals surface area (Å²) in [6, 6.07) is 17.1. The molecule has 4 atom stereocenters. The molecule has 2 aromatic carbocycles. The number of thiazole rings is 1. The molecule has 4 bridgehead atoms. The Labute approximate surface area is 311 Å². The molecule has 4 aliphatic carbocycles. The molecule has 10 rings (SSSR count). The summed E-state index contributed by atoms with van der Waals surface area (Å²) in [7, 11) is 0.500. The fourth-order valence-electron chi connectivity index (χ4n) is 10.6. The first-order valence-corrected chi connectivity index (χ1v) is 19.0. The second-order valence-corrected chi connectivity index (χ2v) is 16.9. The number of alkyl halides is 1. The molecule has 4 fully saturated rings. The third-order valence-electron chi connectivity index (χ3n) is 11.9. The number of carboxylic acid groups (broad SMARTS) is 1. The SMILES string of the molecule is CF.Cc1c(-c2ccc(-c3ccc4c(c3)N(C(=O)Nc3nc5ccccc5s3)CCC4)nc2C(=O)O)cnn1CC12CC3CC(C)(C1)CC(ON)(C3)C2. The molecule has 2 amide bonds. The van der Waals surface area contributed by atoms with Crippen LogP contribution in [0.5, 0.6) is 0 Å². The number of aromatic carboxylic acids is 1. The summed E-state index contributed by atoms with van der Waals surface area (Å²) in [5, 5.41) is 18.8. The molecule has 5 aromatic rings. The van der Waals surface area contributed by atoms with Crippen molar-refractivity contribution in [2.24, 2.45) is 22.6 Å². The number of carboxylic acids is 1. The number of para-hydroxylation sites is 1. The van der Waals surface area contributed by atoms with E-state index >= 15 is 0 Å². The van der Waals surface area contributed by atoms with Crippen molar-refractivity contribution in [1.29, 1.82) is 0 Å². The molecule has 4 heterocycles. The Bertz CT molecular complexity index is 2210. The number of rotatable bonds is 7. The van der Waals surface area contributed by atoms with Gasteiger partial charge in [-0.25, -0.2) is 25.5 Å². The van der Waals surface area contributed by atoms with Crippen molar-refractivity contribution in [3.63, 3.8) is 0 Å². The summed E-state index contributed by atoms with van der Waals surface area (Å²) in [6.07, 6.45) is 9.91. The molecule has 1 aliphatic heterocycles. The number of nitrogens with zero attached hydrogens (tertiary/aromatic N) is 5. The number of hydrogen-bond acceptors (Lipinski definition) is 8. The zero-order valence-electron chi connectivity index (χ0n) is 30.2. The lowest BCUT2D eigenvalue weighted by Crippen LogP contribution is -2.62. The van der Waals surface area contributed by atoms with Crippen molar-refractivity contribution >= 4 is 44.4 Å². The molecule has 3 aromatic heterocycles. The minimum absolute atomic E-state index is 0.0314. The fraction of sp³-hybridized carbons (Fsp3) is 0.425. The van der Waals surface area contributed by atoms with Crippen LogP contribution >= 0.6 is 11.3 Å². The molecule has 53 heavy (non-hydrogen) atoms. The second kappa shape index (κ2) is 13.3. The van der Waals surface area contributed by atoms with Gasteiger partial charge in [0, 0.05) is 41.2 Å². The molecule has 276 valence electrons. The second-order valence-electron chi connectivity index (χ2n) is 15.8. The van der Waals surface area contributed by atoms with Crippen LogP contribution in [-0.2, 0) is 17.8 Å². The van der Waals surface area contributed by atoms with Crippen LogP contribution in [0.15, 0.2) is 60.8 Å². The van der Waals surface area contributed by atoms with E-state index in [2.05, 4.69) is 17.2 Å². The predicted octanol–water partition coefficient (Wildman–Crippen LogP) is 8.42. The highest BCUT2D eigenvalue weighted by molar-refractivity contribution is 7.22. The number of hydrogen-bond donors (Lipinski definition) is 3. The molecule has 0 saturated heterocycles. The number of benzene rings is 2. The van der Waals surface area contributed by atoms with Gasteiger partial charge in [-0.1, -0.05) is 42.5 Å². The standard InChI is InChI=1S/C39H41N7O4S.CH3F/c1-23-28(18-41-46(23)22-38-16-24-15-37(2,19-38)20-39(17-24,21-38)50-40)27-11-12-29(42-33(27)34(47)48)26-10-9-25-6-5-13-45(31(25)14-26)36(49)44-35-43-30-7-3-4-8-32(30)51-35;1-2/h3-4,7-12,14,18,24H,5-6,13,15-17,19-22,40H2,1-2H3,(H,47,48)(H,43,44,49);1H3. The van der Waals surface area contributed by atoms with Crippen molar-refractivity contribution in [1.82, 2.24) is 19.7 Å². The van der Waals surface area contributed by atoms with Gasteiger partial charge in [0.15, 0.2) is 10.8 Å². The van der Waals surface area contributed by atoms with E-state index in [-0.39, 0.29) is 28.2 Å². The zero-order valence-corrected chi connectivity index (χ0v) is 31.0. The smallest absolute Gasteiger partial charge is 0.355 e. The normalized spacial score (nSPS) is 25.5. The summed E-state index contributed by atoms with van der Waals surface area (Å²) >= 11 is 1.44. The average Bonchev–Trinajstić information content (AvgIpc) is 3.72. The number of nitrogens with two attached hydrogens (primary N) is 1. The van der Waals surface area contributed by atoms with Gasteiger partial charge in [-0.3, -0.25) is 24.1 Å². The number of aryl methyl sites for hydroxylation is 1. The molecule has 5 aliphatic rings. The number of urea groups is 1. The molecule has 11 nitrogen and oxygen atoms in total. The molecule has 4 unspecified atom stereocenters. The number of aromatic nitrogens is 4. The molecule has 4 saturated carbocycles. The van der Waals surface area contributed by atoms with E-state index in [1.165, 1.54) is 17.8 Å². The van der Waals surface area contributed by atoms with Crippen LogP contribution in [0.25, 0.3) is 32.6 Å². The molecule has 4 N–H and O–H groups in total. The van der Waals surface area contributed by atoms with Gasteiger partial charge in [0.2, 0.25) is 0 Å². The van der Waals surface area contributed by atoms with Crippen molar-refractivity contribution < 1.29 is 23.9 Å². The van der Waals surface area contributed by atoms with Gasteiger partial charge in [-0.15, -0.1) is 0 Å². The van der Waals surface area contributed by atoms with Crippen LogP contribution in [0, 0.1) is 23.7 Å². The summed E-state index contributed by atoms with van der Waals surface area (Å²) in [6.45, 7) is 5.70. The quantitative estimate of drug-likeness (QED) is 0.141. The highest BCUT2D eigenvalue weighted by Crippen LogP contribution is 2.67. The maximum atomic E-state index is 13.6. The van der Waals surface area contributed by atoms with Crippen LogP contribution < -0.4 is 16.1 Å². The van der Waals surface area contributed by atoms with Crippen LogP contribution in [0.3, 0.4) is 0 Å². The summed E-state index contributed by atoms with van der Waals surface area (Å²) in [5.74, 6) is 5.43. The highest BCUT2D eigenvalue weighted by atomic mass is 32.1. The molecule has 0 radical (unpaired) electrons. The number of carbonyl (C=O) groups excluding carboxylic acids is 1. The minimum atomic E-state index is -1.11. The van der Waals surface area contributed by atoms with Gasteiger partial charge in [-0.05, 0) is 111 Å². The molecule has 0 spiro atoms. The third kappa shape index (κ3) is 6.28. The van der Waals surface area contributed by atoms with E-state index < -0.39 is 5.97 Å². The summed E-state index contributed by atoms with van der Waals surface area (Å²) < 4.78 is 12.6. The first-order valence-electron chi connectivity index (χ1n) is 18.1. The molecule has 13 heteroatoms. The third-order valence-corrected chi connectivity index (χ3v) is 12.8. The van der Waals surface area contributed by atoms with Crippen molar-refractivity contribution in [3.8, 4) is 22.4 Å². The van der Waals surface area contributed by atoms with Gasteiger partial charge in [-0.2, -0.15) is 5.10 Å². The number of carbonyl (C=O) groups is 2. The topological polar surface area (TPSA) is 148 Å². The predicted molar refractivity (Wildman–Crippen MR) is 204 cm³/mol. The average molecular weight is 738 g/mol. The number of amides is 2. The van der Waals surface area contributed by atoms with E-state index in [4.69, 9.17) is 20.8 Å². The zero-order chi connectivity index (χ0) is 37.1. The van der Waals surface area contributed by atoms with Gasteiger partial charge >= 0.3 is 12.0 Å². The van der Waals surface area contributed by atoms with Crippen LogP contribution in [0.4, 0.5) is 20.0 Å². The number of fused-ring (bicyclic) bond motifs is 2. The Morgan fingerprint density at radius 2 is 1.89 bits per heavy atom. The lowest BCUT2D eigenvalue weighted by molar-refractivity contribution is -0.224. The Morgan fingerprint density at radius 3 is 2.66 bits per heavy atom. The highest BCUT2D eigenvalue weighted by Gasteiger charge is 2.62. The maximum Gasteiger partial charge on any atom is 0.355 e. The van der Waals surface area contributed by atoms with E-state index in [1.54, 1.807) is 11.1 Å². The number of halogens is 1. The number of pyridine rings is 1. The van der Waals surface area contributed by atoms with Crippen LogP contribution in [0.2, 0.25) is 0 Å². The van der Waals surface area contributed by atoms with Crippen molar-refractivity contribution in [3.05, 3.63) is 77.7 Å². The van der Waals surface area contributed by atoms with E-state index in [9.17, 15) is 19.1 Å². The largest absolute Gasteiger partial charge is 0.476 e. The van der Waals surface area contributed by atoms with E-state index in [0.717, 1.165) is 89.8 Å². The number of anilines is 2. The van der Waals surface area contributed by atoms with Crippen LogP contribution in [0.1, 0.15) is 73.6 Å². The Kier molecular flexibility index (Phi) is 8.86. The van der Waals surface area contributed by atoms with E-state index in [0.29, 0.717) is 36.0 Å². The van der Waals surface area contributed by atoms with E-state index in [1.807, 2.05) is 66.2 Å². The molecular formula is C40H44FN7O4S. The monoisotopic (exact) mass is 737 g/mol. The Hall–Kier alpha value is -4.72. The Balaban J connectivity index is 0.00000197. The Morgan fingerprint density at radius 1 is 1.06 bits per heavy atom. The lowest BCUT2D eigenvalue weighted by atomic mass is 9.43. The fourth-order valence-corrected chi connectivity index (χ4v) is 11.4.